The summed E-state index contributed by atoms with van der Waals surface area (Å²) in [5.74, 6) is 0. The predicted octanol–water partition coefficient (Wildman–Crippen LogP) is 2.40. The Bertz CT molecular complexity index is 471. The fourth-order valence-corrected chi connectivity index (χ4v) is 3.46. The maximum Gasteiger partial charge on any atom is 0.243 e. The Morgan fingerprint density at radius 1 is 1.11 bits per heavy atom. The van der Waals surface area contributed by atoms with Crippen LogP contribution >= 0.6 is 0 Å². The molecule has 1 saturated heterocycles. The first kappa shape index (κ1) is 18.8. The minimum absolute atomic E-state index is 0. The molecule has 1 aromatic rings. The van der Waals surface area contributed by atoms with Crippen molar-refractivity contribution in [3.63, 3.8) is 0 Å². The zero-order valence-electron chi connectivity index (χ0n) is 11.6. The van der Waals surface area contributed by atoms with Gasteiger partial charge in [0.05, 0.1) is 4.90 Å². The number of hydrogen-bond donors (Lipinski definition) is 0. The van der Waals surface area contributed by atoms with Crippen molar-refractivity contribution in [3.05, 3.63) is 35.1 Å². The molecule has 109 valence electrons. The Labute approximate surface area is 130 Å². The minimum atomic E-state index is -3.32. The van der Waals surface area contributed by atoms with Gasteiger partial charge in [-0.05, 0) is 31.6 Å². The van der Waals surface area contributed by atoms with E-state index in [1.807, 2.05) is 32.9 Å². The van der Waals surface area contributed by atoms with Crippen molar-refractivity contribution in [3.8, 4) is 0 Å². The van der Waals surface area contributed by atoms with Crippen LogP contribution in [0.1, 0.15) is 19.4 Å². The van der Waals surface area contributed by atoms with Gasteiger partial charge in [0.1, 0.15) is 0 Å². The molecule has 0 saturated carbocycles. The molecule has 1 radical (unpaired) electrons. The van der Waals surface area contributed by atoms with E-state index in [9.17, 15) is 8.42 Å². The summed E-state index contributed by atoms with van der Waals surface area (Å²) in [5, 5.41) is 4.15. The number of hydrogen-bond acceptors (Lipinski definition) is 2. The van der Waals surface area contributed by atoms with Gasteiger partial charge in [-0.15, -0.1) is 13.1 Å². The van der Waals surface area contributed by atoms with Gasteiger partial charge < -0.3 is 5.32 Å². The fourth-order valence-electron chi connectivity index (χ4n) is 1.81. The summed E-state index contributed by atoms with van der Waals surface area (Å²) in [7, 11) is -3.32. The number of piperazine rings is 1. The molecule has 0 N–H and O–H groups in total. The quantitative estimate of drug-likeness (QED) is 0.688. The summed E-state index contributed by atoms with van der Waals surface area (Å²) in [6.07, 6.45) is 0. The normalized spacial score (nSPS) is 15.9. The minimum Gasteiger partial charge on any atom is -0.660 e. The molecule has 1 aliphatic rings. The van der Waals surface area contributed by atoms with E-state index in [4.69, 9.17) is 0 Å². The first-order valence-electron chi connectivity index (χ1n) is 6.31. The van der Waals surface area contributed by atoms with Crippen LogP contribution in [-0.4, -0.2) is 38.9 Å². The van der Waals surface area contributed by atoms with Crippen LogP contribution in [0.15, 0.2) is 29.2 Å². The molecule has 0 atom stereocenters. The molecular weight excluding hydrogens is 434 g/mol. The Morgan fingerprint density at radius 2 is 1.63 bits per heavy atom. The van der Waals surface area contributed by atoms with Gasteiger partial charge in [-0.2, -0.15) is 0 Å². The number of sulfonamides is 1. The van der Waals surface area contributed by atoms with E-state index in [1.165, 1.54) is 4.31 Å². The molecule has 0 amide bonds. The summed E-state index contributed by atoms with van der Waals surface area (Å²) in [6.45, 7) is 8.02. The monoisotopic (exact) mass is 456 g/mol. The molecule has 1 aromatic carbocycles. The Morgan fingerprint density at radius 3 is 2.16 bits per heavy atom. The standard InChI is InChI=1S/C11H15N2O2S.C2H6.Re/c1-10-4-2-3-5-11(10)16(14,15)13-8-6-12-7-9-13;1-2;/h2-5H,6-9H2,1H3;1-2H3;/q-1;;. The third-order valence-electron chi connectivity index (χ3n) is 2.73. The maximum absolute atomic E-state index is 12.3. The van der Waals surface area contributed by atoms with Crippen molar-refractivity contribution in [2.75, 3.05) is 26.2 Å². The van der Waals surface area contributed by atoms with E-state index in [0.717, 1.165) is 5.56 Å². The van der Waals surface area contributed by atoms with Crippen LogP contribution in [0.25, 0.3) is 5.32 Å². The SMILES string of the molecule is CC.Cc1ccccc1S(=O)(=O)N1CC[N-]CC1.[Re]. The second-order valence-corrected chi connectivity index (χ2v) is 5.75. The molecule has 4 nitrogen and oxygen atoms in total. The largest absolute Gasteiger partial charge is 0.660 e. The maximum atomic E-state index is 12.3. The van der Waals surface area contributed by atoms with Crippen molar-refractivity contribution >= 4 is 10.0 Å². The zero-order valence-corrected chi connectivity index (χ0v) is 15.2. The molecule has 0 unspecified atom stereocenters. The van der Waals surface area contributed by atoms with Crippen molar-refractivity contribution in [2.24, 2.45) is 0 Å². The molecule has 1 heterocycles. The van der Waals surface area contributed by atoms with Crippen molar-refractivity contribution < 1.29 is 28.8 Å². The number of aryl methyl sites for hydroxylation is 1. The van der Waals surface area contributed by atoms with Gasteiger partial charge in [0.2, 0.25) is 10.0 Å². The average Bonchev–Trinajstić information content (AvgIpc) is 2.42. The molecule has 0 spiro atoms. The molecule has 0 bridgehead atoms. The summed E-state index contributed by atoms with van der Waals surface area (Å²) in [6, 6.07) is 7.09. The van der Waals surface area contributed by atoms with Gasteiger partial charge in [0.15, 0.2) is 0 Å². The number of rotatable bonds is 2. The molecule has 19 heavy (non-hydrogen) atoms. The number of benzene rings is 1. The first-order chi connectivity index (χ1) is 8.62. The van der Waals surface area contributed by atoms with Crippen molar-refractivity contribution in [1.82, 2.24) is 4.31 Å². The van der Waals surface area contributed by atoms with Crippen LogP contribution < -0.4 is 0 Å². The summed E-state index contributed by atoms with van der Waals surface area (Å²) in [4.78, 5) is 0.414. The molecule has 0 aromatic heterocycles. The van der Waals surface area contributed by atoms with E-state index in [1.54, 1.807) is 12.1 Å². The summed E-state index contributed by atoms with van der Waals surface area (Å²) < 4.78 is 26.1. The van der Waals surface area contributed by atoms with Crippen LogP contribution in [0.2, 0.25) is 0 Å². The molecular formula is C13H21N2O2ReS-. The van der Waals surface area contributed by atoms with Gasteiger partial charge in [0.25, 0.3) is 0 Å². The van der Waals surface area contributed by atoms with Gasteiger partial charge >= 0.3 is 0 Å². The first-order valence-corrected chi connectivity index (χ1v) is 7.75. The second kappa shape index (κ2) is 8.83. The number of nitrogens with zero attached hydrogens (tertiary/aromatic N) is 2. The molecule has 0 aliphatic carbocycles. The van der Waals surface area contributed by atoms with Crippen LogP contribution in [0, 0.1) is 6.92 Å². The predicted molar refractivity (Wildman–Crippen MR) is 74.4 cm³/mol. The molecule has 1 fully saturated rings. The summed E-state index contributed by atoms with van der Waals surface area (Å²) in [5.41, 5.74) is 0.796. The van der Waals surface area contributed by atoms with Crippen LogP contribution in [-0.2, 0) is 30.4 Å². The fraction of sp³-hybridized carbons (Fsp3) is 0.538. The van der Waals surface area contributed by atoms with Gasteiger partial charge in [-0.3, -0.25) is 0 Å². The smallest absolute Gasteiger partial charge is 0.243 e. The topological polar surface area (TPSA) is 51.5 Å². The van der Waals surface area contributed by atoms with E-state index < -0.39 is 10.0 Å². The average molecular weight is 456 g/mol. The van der Waals surface area contributed by atoms with Crippen LogP contribution in [0.5, 0.6) is 0 Å². The summed E-state index contributed by atoms with van der Waals surface area (Å²) >= 11 is 0. The van der Waals surface area contributed by atoms with Crippen molar-refractivity contribution in [2.45, 2.75) is 25.7 Å². The molecule has 6 heteroatoms. The Kier molecular flexibility index (Phi) is 8.72. The van der Waals surface area contributed by atoms with E-state index in [0.29, 0.717) is 31.1 Å². The Balaban J connectivity index is 0.00000103. The van der Waals surface area contributed by atoms with Crippen LogP contribution in [0.3, 0.4) is 0 Å². The zero-order chi connectivity index (χ0) is 13.6. The van der Waals surface area contributed by atoms with E-state index >= 15 is 0 Å². The third kappa shape index (κ3) is 4.66. The van der Waals surface area contributed by atoms with E-state index in [-0.39, 0.29) is 20.4 Å². The third-order valence-corrected chi connectivity index (χ3v) is 4.79. The van der Waals surface area contributed by atoms with Gasteiger partial charge in [-0.25, -0.2) is 12.7 Å². The van der Waals surface area contributed by atoms with Crippen LogP contribution in [0.4, 0.5) is 0 Å². The van der Waals surface area contributed by atoms with Crippen molar-refractivity contribution in [1.29, 1.82) is 0 Å². The second-order valence-electron chi connectivity index (χ2n) is 3.84. The molecule has 1 aliphatic heterocycles. The van der Waals surface area contributed by atoms with Gasteiger partial charge in [0, 0.05) is 20.4 Å². The van der Waals surface area contributed by atoms with Gasteiger partial charge in [-0.1, -0.05) is 32.0 Å². The molecule has 2 rings (SSSR count). The Hall–Kier alpha value is -0.248. The van der Waals surface area contributed by atoms with E-state index in [2.05, 4.69) is 5.32 Å².